The number of nitrogens with zero attached hydrogens (tertiary/aromatic N) is 2. The third-order valence-corrected chi connectivity index (χ3v) is 6.21. The monoisotopic (exact) mass is 432 g/mol. The minimum Gasteiger partial charge on any atom is -0.348 e. The number of hydrogen-bond acceptors (Lipinski definition) is 3. The maximum Gasteiger partial charge on any atom is 0.274 e. The van der Waals surface area contributed by atoms with Crippen LogP contribution in [0.15, 0.2) is 23.1 Å². The Hall–Kier alpha value is -2.74. The molecule has 2 heterocycles. The summed E-state index contributed by atoms with van der Waals surface area (Å²) in [5.74, 6) is -1.57. The molecule has 5 rings (SSSR count). The van der Waals surface area contributed by atoms with E-state index in [0.29, 0.717) is 17.0 Å². The Labute approximate surface area is 175 Å². The summed E-state index contributed by atoms with van der Waals surface area (Å²) in [5, 5.41) is 6.77. The van der Waals surface area contributed by atoms with E-state index in [4.69, 9.17) is 11.6 Å². The lowest BCUT2D eigenvalue weighted by molar-refractivity contribution is 0.0929. The molecule has 2 fully saturated rings. The molecule has 9 heteroatoms. The Kier molecular flexibility index (Phi) is 4.43. The highest BCUT2D eigenvalue weighted by Crippen LogP contribution is 2.43. The molecular weight excluding hydrogens is 414 g/mol. The normalized spacial score (nSPS) is 17.3. The van der Waals surface area contributed by atoms with Crippen LogP contribution in [-0.4, -0.2) is 26.5 Å². The predicted molar refractivity (Wildman–Crippen MR) is 108 cm³/mol. The molecule has 2 aliphatic carbocycles. The molecule has 2 aliphatic rings. The van der Waals surface area contributed by atoms with Gasteiger partial charge in [0.1, 0.15) is 22.2 Å². The van der Waals surface area contributed by atoms with Crippen molar-refractivity contribution in [1.82, 2.24) is 19.9 Å². The van der Waals surface area contributed by atoms with Gasteiger partial charge in [-0.25, -0.2) is 13.3 Å². The second-order valence-electron chi connectivity index (χ2n) is 8.18. The number of halogens is 3. The van der Waals surface area contributed by atoms with E-state index in [1.54, 1.807) is 0 Å². The number of rotatable bonds is 5. The third kappa shape index (κ3) is 3.29. The topological polar surface area (TPSA) is 79.3 Å². The molecule has 3 aromatic rings. The average molecular weight is 433 g/mol. The van der Waals surface area contributed by atoms with Gasteiger partial charge in [-0.2, -0.15) is 5.10 Å². The van der Waals surface area contributed by atoms with Gasteiger partial charge >= 0.3 is 0 Å². The zero-order valence-electron chi connectivity index (χ0n) is 16.1. The number of aromatic amines is 1. The number of carbonyl (C=O) groups excluding carboxylic acids is 1. The van der Waals surface area contributed by atoms with Crippen LogP contribution in [-0.2, 0) is 0 Å². The second-order valence-corrected chi connectivity index (χ2v) is 8.56. The zero-order chi connectivity index (χ0) is 21.2. The first-order valence-corrected chi connectivity index (χ1v) is 10.3. The number of nitrogens with one attached hydrogen (secondary N) is 2. The van der Waals surface area contributed by atoms with Crippen LogP contribution in [0, 0.1) is 17.6 Å². The molecule has 1 atom stereocenters. The molecule has 0 aliphatic heterocycles. The van der Waals surface area contributed by atoms with Crippen LogP contribution in [0.1, 0.15) is 54.6 Å². The summed E-state index contributed by atoms with van der Waals surface area (Å²) in [6.45, 7) is 1.97. The first-order chi connectivity index (χ1) is 14.3. The lowest BCUT2D eigenvalue weighted by Gasteiger charge is -2.12. The van der Waals surface area contributed by atoms with Gasteiger partial charge in [0.25, 0.3) is 11.5 Å². The average Bonchev–Trinajstić information content (AvgIpc) is 3.61. The van der Waals surface area contributed by atoms with Crippen LogP contribution < -0.4 is 10.9 Å². The molecule has 2 saturated carbocycles. The minimum atomic E-state index is -0.930. The van der Waals surface area contributed by atoms with Crippen molar-refractivity contribution in [3.8, 4) is 11.3 Å². The van der Waals surface area contributed by atoms with Gasteiger partial charge in [0.05, 0.1) is 11.9 Å². The molecule has 0 bridgehead atoms. The van der Waals surface area contributed by atoms with Crippen molar-refractivity contribution in [3.05, 3.63) is 56.6 Å². The fraction of sp³-hybridized carbons (Fsp3) is 0.381. The predicted octanol–water partition coefficient (Wildman–Crippen LogP) is 4.03. The summed E-state index contributed by atoms with van der Waals surface area (Å²) in [7, 11) is 0. The number of H-pyrrole nitrogens is 1. The highest BCUT2D eigenvalue weighted by atomic mass is 35.5. The molecule has 0 saturated heterocycles. The second kappa shape index (κ2) is 6.91. The molecule has 2 aromatic heterocycles. The van der Waals surface area contributed by atoms with E-state index in [-0.39, 0.29) is 34.8 Å². The van der Waals surface area contributed by atoms with E-state index in [1.807, 2.05) is 6.92 Å². The number of hydrogen-bond donors (Lipinski definition) is 2. The van der Waals surface area contributed by atoms with Gasteiger partial charge in [-0.05, 0) is 56.6 Å². The van der Waals surface area contributed by atoms with Gasteiger partial charge in [-0.3, -0.25) is 9.59 Å². The van der Waals surface area contributed by atoms with Crippen LogP contribution in [0.25, 0.3) is 16.8 Å². The van der Waals surface area contributed by atoms with Crippen LogP contribution in [0.3, 0.4) is 0 Å². The Morgan fingerprint density at radius 1 is 1.27 bits per heavy atom. The summed E-state index contributed by atoms with van der Waals surface area (Å²) in [5.41, 5.74) is 0.987. The van der Waals surface area contributed by atoms with Crippen molar-refractivity contribution in [2.24, 2.45) is 5.92 Å². The minimum absolute atomic E-state index is 0.0447. The van der Waals surface area contributed by atoms with E-state index in [2.05, 4.69) is 15.4 Å². The maximum atomic E-state index is 13.9. The van der Waals surface area contributed by atoms with Crippen molar-refractivity contribution >= 4 is 23.0 Å². The molecule has 6 nitrogen and oxygen atoms in total. The Balaban J connectivity index is 1.61. The SMILES string of the molecule is C[C@H](NC(=O)c1nn2cc(-c3cc(F)c(Cl)c(F)c3)[nH]c(=O)c2c1C1CC1)C1CC1. The quantitative estimate of drug-likeness (QED) is 0.597. The Morgan fingerprint density at radius 2 is 1.93 bits per heavy atom. The summed E-state index contributed by atoms with van der Waals surface area (Å²) in [4.78, 5) is 28.4. The van der Waals surface area contributed by atoms with Gasteiger partial charge < -0.3 is 10.3 Å². The van der Waals surface area contributed by atoms with Gasteiger partial charge in [0.15, 0.2) is 5.69 Å². The van der Waals surface area contributed by atoms with E-state index in [0.717, 1.165) is 37.8 Å². The van der Waals surface area contributed by atoms with E-state index in [9.17, 15) is 18.4 Å². The first-order valence-electron chi connectivity index (χ1n) is 9.95. The Morgan fingerprint density at radius 3 is 2.53 bits per heavy atom. The van der Waals surface area contributed by atoms with Gasteiger partial charge in [-0.15, -0.1) is 0 Å². The van der Waals surface area contributed by atoms with E-state index < -0.39 is 22.2 Å². The largest absolute Gasteiger partial charge is 0.348 e. The first kappa shape index (κ1) is 19.2. The molecule has 156 valence electrons. The fourth-order valence-electron chi connectivity index (χ4n) is 3.88. The standard InChI is InChI=1S/C21H19ClF2N4O2/c1-9(10-2-3-10)25-20(29)18-16(11-4-5-11)19-21(30)26-15(8-28(19)27-18)12-6-13(23)17(22)14(24)7-12/h6-11H,2-5H2,1H3,(H,25,29)(H,26,30)/t9-/m0/s1. The van der Waals surface area contributed by atoms with Gasteiger partial charge in [0, 0.05) is 17.2 Å². The van der Waals surface area contributed by atoms with Crippen molar-refractivity contribution in [1.29, 1.82) is 0 Å². The van der Waals surface area contributed by atoms with Gasteiger partial charge in [0.2, 0.25) is 0 Å². The van der Waals surface area contributed by atoms with Crippen molar-refractivity contribution < 1.29 is 13.6 Å². The third-order valence-electron chi connectivity index (χ3n) is 5.85. The summed E-state index contributed by atoms with van der Waals surface area (Å²) in [6, 6.07) is 2.13. The number of amides is 1. The zero-order valence-corrected chi connectivity index (χ0v) is 16.9. The lowest BCUT2D eigenvalue weighted by Crippen LogP contribution is -2.34. The number of fused-ring (bicyclic) bond motifs is 1. The van der Waals surface area contributed by atoms with Gasteiger partial charge in [-0.1, -0.05) is 11.6 Å². The molecule has 30 heavy (non-hydrogen) atoms. The van der Waals surface area contributed by atoms with Crippen molar-refractivity contribution in [2.75, 3.05) is 0 Å². The molecule has 1 amide bonds. The summed E-state index contributed by atoms with van der Waals surface area (Å²) in [6.07, 6.45) is 5.42. The Bertz CT molecular complexity index is 1220. The van der Waals surface area contributed by atoms with Crippen molar-refractivity contribution in [3.63, 3.8) is 0 Å². The fourth-order valence-corrected chi connectivity index (χ4v) is 3.99. The maximum absolute atomic E-state index is 13.9. The molecule has 0 unspecified atom stereocenters. The summed E-state index contributed by atoms with van der Waals surface area (Å²) < 4.78 is 29.1. The molecule has 0 spiro atoms. The molecular formula is C21H19ClF2N4O2. The highest BCUT2D eigenvalue weighted by molar-refractivity contribution is 6.31. The van der Waals surface area contributed by atoms with E-state index >= 15 is 0 Å². The number of carbonyl (C=O) groups is 1. The van der Waals surface area contributed by atoms with Crippen LogP contribution >= 0.6 is 11.6 Å². The van der Waals surface area contributed by atoms with E-state index in [1.165, 1.54) is 10.7 Å². The van der Waals surface area contributed by atoms with Crippen LogP contribution in [0.2, 0.25) is 5.02 Å². The van der Waals surface area contributed by atoms with Crippen LogP contribution in [0.4, 0.5) is 8.78 Å². The number of aromatic nitrogens is 3. The number of benzene rings is 1. The smallest absolute Gasteiger partial charge is 0.274 e. The highest BCUT2D eigenvalue weighted by Gasteiger charge is 2.36. The molecule has 2 N–H and O–H groups in total. The molecule has 0 radical (unpaired) electrons. The summed E-state index contributed by atoms with van der Waals surface area (Å²) >= 11 is 5.55. The van der Waals surface area contributed by atoms with Crippen LogP contribution in [0.5, 0.6) is 0 Å². The lowest BCUT2D eigenvalue weighted by atomic mass is 10.1. The van der Waals surface area contributed by atoms with Crippen molar-refractivity contribution in [2.45, 2.75) is 44.6 Å². The molecule has 1 aromatic carbocycles.